The highest BCUT2D eigenvalue weighted by molar-refractivity contribution is 7.18. The fraction of sp³-hybridized carbons (Fsp3) is 0.133. The molecule has 9 heteroatoms. The van der Waals surface area contributed by atoms with Gasteiger partial charge < -0.3 is 4.90 Å². The highest BCUT2D eigenvalue weighted by Crippen LogP contribution is 2.25. The van der Waals surface area contributed by atoms with Crippen LogP contribution in [-0.2, 0) is 6.54 Å². The fourth-order valence-electron chi connectivity index (χ4n) is 2.35. The molecule has 0 aliphatic heterocycles. The lowest BCUT2D eigenvalue weighted by Gasteiger charge is -2.15. The number of rotatable bonds is 4. The van der Waals surface area contributed by atoms with Gasteiger partial charge in [-0.25, -0.2) is 4.98 Å². The molecule has 0 radical (unpaired) electrons. The summed E-state index contributed by atoms with van der Waals surface area (Å²) in [4.78, 5) is 19.6. The SMILES string of the molecule is CN(Cc1nc2ccccc2s1)C(=O)c1sccc1-n1cnnn1. The predicted octanol–water partition coefficient (Wildman–Crippen LogP) is 2.61. The minimum absolute atomic E-state index is 0.0743. The van der Waals surface area contributed by atoms with Gasteiger partial charge in [0, 0.05) is 7.05 Å². The van der Waals surface area contributed by atoms with Crippen molar-refractivity contribution in [2.24, 2.45) is 0 Å². The Morgan fingerprint density at radius 3 is 2.96 bits per heavy atom. The zero-order valence-corrected chi connectivity index (χ0v) is 14.3. The first-order valence-electron chi connectivity index (χ1n) is 7.13. The number of aromatic nitrogens is 5. The molecule has 0 aliphatic carbocycles. The van der Waals surface area contributed by atoms with Gasteiger partial charge in [0.05, 0.1) is 22.4 Å². The number of carbonyl (C=O) groups is 1. The maximum atomic E-state index is 12.8. The van der Waals surface area contributed by atoms with E-state index >= 15 is 0 Å². The Balaban J connectivity index is 1.57. The van der Waals surface area contributed by atoms with Gasteiger partial charge in [-0.15, -0.1) is 27.8 Å². The van der Waals surface area contributed by atoms with Crippen molar-refractivity contribution in [3.63, 3.8) is 0 Å². The van der Waals surface area contributed by atoms with Crippen molar-refractivity contribution >= 4 is 38.8 Å². The Morgan fingerprint density at radius 1 is 1.29 bits per heavy atom. The molecule has 24 heavy (non-hydrogen) atoms. The molecule has 0 saturated heterocycles. The topological polar surface area (TPSA) is 76.8 Å². The smallest absolute Gasteiger partial charge is 0.266 e. The summed E-state index contributed by atoms with van der Waals surface area (Å²) in [5.74, 6) is -0.0743. The number of nitrogens with zero attached hydrogens (tertiary/aromatic N) is 6. The van der Waals surface area contributed by atoms with Crippen molar-refractivity contribution in [3.8, 4) is 5.69 Å². The van der Waals surface area contributed by atoms with Crippen molar-refractivity contribution in [1.82, 2.24) is 30.1 Å². The van der Waals surface area contributed by atoms with Crippen LogP contribution in [0.25, 0.3) is 15.9 Å². The van der Waals surface area contributed by atoms with Crippen molar-refractivity contribution in [3.05, 3.63) is 51.9 Å². The first-order valence-corrected chi connectivity index (χ1v) is 8.83. The number of thiazole rings is 1. The van der Waals surface area contributed by atoms with Crippen LogP contribution in [0.5, 0.6) is 0 Å². The van der Waals surface area contributed by atoms with Crippen LogP contribution in [0, 0.1) is 0 Å². The highest BCUT2D eigenvalue weighted by Gasteiger charge is 2.20. The molecular weight excluding hydrogens is 344 g/mol. The second-order valence-corrected chi connectivity index (χ2v) is 7.16. The lowest BCUT2D eigenvalue weighted by molar-refractivity contribution is 0.0789. The van der Waals surface area contributed by atoms with E-state index in [1.807, 2.05) is 35.7 Å². The van der Waals surface area contributed by atoms with E-state index in [0.29, 0.717) is 17.1 Å². The molecule has 0 N–H and O–H groups in total. The fourth-order valence-corrected chi connectivity index (χ4v) is 4.24. The lowest BCUT2D eigenvalue weighted by Crippen LogP contribution is -2.26. The van der Waals surface area contributed by atoms with Crippen molar-refractivity contribution in [2.45, 2.75) is 6.54 Å². The molecule has 0 atom stereocenters. The second-order valence-electron chi connectivity index (χ2n) is 5.13. The molecule has 0 bridgehead atoms. The van der Waals surface area contributed by atoms with Gasteiger partial charge in [0.15, 0.2) is 0 Å². The van der Waals surface area contributed by atoms with Gasteiger partial charge in [-0.3, -0.25) is 4.79 Å². The third-order valence-electron chi connectivity index (χ3n) is 3.49. The number of carbonyl (C=O) groups excluding carboxylic acids is 1. The first kappa shape index (κ1) is 14.9. The third-order valence-corrected chi connectivity index (χ3v) is 5.40. The van der Waals surface area contributed by atoms with E-state index in [2.05, 4.69) is 20.5 Å². The summed E-state index contributed by atoms with van der Waals surface area (Å²) in [7, 11) is 1.78. The molecule has 0 aliphatic rings. The average molecular weight is 356 g/mol. The first-order chi connectivity index (χ1) is 11.7. The van der Waals surface area contributed by atoms with E-state index in [4.69, 9.17) is 0 Å². The molecule has 3 heterocycles. The summed E-state index contributed by atoms with van der Waals surface area (Å²) >= 11 is 2.98. The summed E-state index contributed by atoms with van der Waals surface area (Å²) < 4.78 is 2.62. The molecule has 0 saturated carbocycles. The molecule has 0 spiro atoms. The van der Waals surface area contributed by atoms with Crippen molar-refractivity contribution < 1.29 is 4.79 Å². The van der Waals surface area contributed by atoms with E-state index in [9.17, 15) is 4.79 Å². The number of para-hydroxylation sites is 1. The zero-order chi connectivity index (χ0) is 16.5. The number of fused-ring (bicyclic) bond motifs is 1. The van der Waals surface area contributed by atoms with Crippen molar-refractivity contribution in [1.29, 1.82) is 0 Å². The Bertz CT molecular complexity index is 957. The van der Waals surface area contributed by atoms with E-state index in [0.717, 1.165) is 15.2 Å². The number of hydrogen-bond donors (Lipinski definition) is 0. The molecule has 7 nitrogen and oxygen atoms in total. The minimum Gasteiger partial charge on any atom is -0.334 e. The number of thiophene rings is 1. The predicted molar refractivity (Wildman–Crippen MR) is 92.4 cm³/mol. The molecule has 3 aromatic heterocycles. The quantitative estimate of drug-likeness (QED) is 0.562. The van der Waals surface area contributed by atoms with E-state index in [1.54, 1.807) is 23.3 Å². The summed E-state index contributed by atoms with van der Waals surface area (Å²) in [5.41, 5.74) is 1.65. The molecule has 0 unspecified atom stereocenters. The van der Waals surface area contributed by atoms with Crippen molar-refractivity contribution in [2.75, 3.05) is 7.05 Å². The van der Waals surface area contributed by atoms with Crippen LogP contribution in [0.3, 0.4) is 0 Å². The Morgan fingerprint density at radius 2 is 2.17 bits per heavy atom. The standard InChI is InChI=1S/C15H12N6OS2/c1-20(8-13-17-10-4-2-3-5-12(10)24-13)15(22)14-11(6-7-23-14)21-9-16-18-19-21/h2-7,9H,8H2,1H3. The molecule has 4 aromatic rings. The van der Waals surface area contributed by atoms with Gasteiger partial charge in [0.25, 0.3) is 5.91 Å². The Kier molecular flexibility index (Phi) is 3.79. The summed E-state index contributed by atoms with van der Waals surface area (Å²) in [5, 5.41) is 13.9. The number of amides is 1. The summed E-state index contributed by atoms with van der Waals surface area (Å²) in [6.07, 6.45) is 1.48. The van der Waals surface area contributed by atoms with E-state index in [-0.39, 0.29) is 5.91 Å². The number of benzene rings is 1. The normalized spacial score (nSPS) is 11.0. The molecule has 1 amide bonds. The molecule has 120 valence electrons. The minimum atomic E-state index is -0.0743. The van der Waals surface area contributed by atoms with E-state index in [1.165, 1.54) is 22.3 Å². The summed E-state index contributed by atoms with van der Waals surface area (Å²) in [6.45, 7) is 0.463. The number of tetrazole rings is 1. The lowest BCUT2D eigenvalue weighted by atomic mass is 10.3. The monoisotopic (exact) mass is 356 g/mol. The summed E-state index contributed by atoms with van der Waals surface area (Å²) in [6, 6.07) is 9.80. The van der Waals surface area contributed by atoms with Crippen LogP contribution in [0.1, 0.15) is 14.7 Å². The molecule has 1 aromatic carbocycles. The van der Waals surface area contributed by atoms with Crippen LogP contribution >= 0.6 is 22.7 Å². The maximum absolute atomic E-state index is 12.8. The van der Waals surface area contributed by atoms with Crippen LogP contribution in [0.15, 0.2) is 42.0 Å². The van der Waals surface area contributed by atoms with Gasteiger partial charge in [0.2, 0.25) is 0 Å². The van der Waals surface area contributed by atoms with E-state index < -0.39 is 0 Å². The Labute approximate surface area is 145 Å². The van der Waals surface area contributed by atoms with Gasteiger partial charge in [-0.2, -0.15) is 4.68 Å². The van der Waals surface area contributed by atoms with Gasteiger partial charge in [-0.05, 0) is 34.0 Å². The highest BCUT2D eigenvalue weighted by atomic mass is 32.1. The largest absolute Gasteiger partial charge is 0.334 e. The molecule has 4 rings (SSSR count). The third kappa shape index (κ3) is 2.68. The van der Waals surface area contributed by atoms with Crippen LogP contribution < -0.4 is 0 Å². The Hall–Kier alpha value is -2.65. The van der Waals surface area contributed by atoms with Crippen LogP contribution in [0.4, 0.5) is 0 Å². The molecular formula is C15H12N6OS2. The van der Waals surface area contributed by atoms with Crippen LogP contribution in [-0.4, -0.2) is 43.0 Å². The van der Waals surface area contributed by atoms with Gasteiger partial charge in [-0.1, -0.05) is 12.1 Å². The average Bonchev–Trinajstić information content (AvgIpc) is 3.32. The van der Waals surface area contributed by atoms with Gasteiger partial charge in [0.1, 0.15) is 16.2 Å². The maximum Gasteiger partial charge on any atom is 0.266 e. The molecule has 0 fully saturated rings. The zero-order valence-electron chi connectivity index (χ0n) is 12.7. The number of hydrogen-bond acceptors (Lipinski definition) is 7. The van der Waals surface area contributed by atoms with Gasteiger partial charge >= 0.3 is 0 Å². The van der Waals surface area contributed by atoms with Crippen LogP contribution in [0.2, 0.25) is 0 Å². The second kappa shape index (κ2) is 6.10.